The molecule has 0 fully saturated rings. The van der Waals surface area contributed by atoms with Gasteiger partial charge in [0, 0.05) is 10.5 Å². The van der Waals surface area contributed by atoms with Crippen LogP contribution in [0.15, 0.2) is 28.7 Å². The molecule has 0 saturated heterocycles. The van der Waals surface area contributed by atoms with Crippen molar-refractivity contribution < 1.29 is 8.42 Å². The molecule has 0 spiro atoms. The standard InChI is InChI=1S/C13H20BrNO2S/c1-3-10-18(16,17)15-11(2)4-5-12-6-8-13(14)9-7-12/h6-9,11,15H,3-5,10H2,1-2H3. The van der Waals surface area contributed by atoms with Gasteiger partial charge in [0.1, 0.15) is 0 Å². The van der Waals surface area contributed by atoms with Gasteiger partial charge in [0.05, 0.1) is 5.75 Å². The van der Waals surface area contributed by atoms with Gasteiger partial charge in [0.25, 0.3) is 0 Å². The Labute approximate surface area is 118 Å². The van der Waals surface area contributed by atoms with Gasteiger partial charge in [0.2, 0.25) is 10.0 Å². The molecule has 1 aromatic rings. The van der Waals surface area contributed by atoms with Crippen LogP contribution in [0.1, 0.15) is 32.3 Å². The maximum Gasteiger partial charge on any atom is 0.211 e. The van der Waals surface area contributed by atoms with Gasteiger partial charge in [-0.25, -0.2) is 13.1 Å². The van der Waals surface area contributed by atoms with Crippen LogP contribution in [-0.2, 0) is 16.4 Å². The summed E-state index contributed by atoms with van der Waals surface area (Å²) in [7, 11) is -3.10. The largest absolute Gasteiger partial charge is 0.212 e. The van der Waals surface area contributed by atoms with E-state index in [2.05, 4.69) is 32.8 Å². The topological polar surface area (TPSA) is 46.2 Å². The van der Waals surface area contributed by atoms with Gasteiger partial charge in [-0.1, -0.05) is 35.0 Å². The van der Waals surface area contributed by atoms with Crippen LogP contribution >= 0.6 is 15.9 Å². The van der Waals surface area contributed by atoms with E-state index in [4.69, 9.17) is 0 Å². The van der Waals surface area contributed by atoms with Gasteiger partial charge in [-0.05, 0) is 43.9 Å². The number of nitrogens with one attached hydrogen (secondary N) is 1. The third kappa shape index (κ3) is 5.98. The molecule has 102 valence electrons. The van der Waals surface area contributed by atoms with Gasteiger partial charge < -0.3 is 0 Å². The van der Waals surface area contributed by atoms with E-state index in [1.165, 1.54) is 5.56 Å². The van der Waals surface area contributed by atoms with Crippen molar-refractivity contribution in [1.29, 1.82) is 0 Å². The number of hydrogen-bond acceptors (Lipinski definition) is 2. The quantitative estimate of drug-likeness (QED) is 0.833. The van der Waals surface area contributed by atoms with Gasteiger partial charge >= 0.3 is 0 Å². The van der Waals surface area contributed by atoms with Crippen LogP contribution in [0.25, 0.3) is 0 Å². The Balaban J connectivity index is 2.42. The molecule has 0 heterocycles. The summed E-state index contributed by atoms with van der Waals surface area (Å²) in [5.74, 6) is 0.204. The fourth-order valence-corrected chi connectivity index (χ4v) is 3.38. The molecular formula is C13H20BrNO2S. The summed E-state index contributed by atoms with van der Waals surface area (Å²) in [6.07, 6.45) is 2.34. The van der Waals surface area contributed by atoms with Gasteiger partial charge in [-0.3, -0.25) is 0 Å². The summed E-state index contributed by atoms with van der Waals surface area (Å²) in [6.45, 7) is 3.78. The fourth-order valence-electron chi connectivity index (χ4n) is 1.73. The molecule has 18 heavy (non-hydrogen) atoms. The molecule has 0 aliphatic heterocycles. The zero-order valence-electron chi connectivity index (χ0n) is 10.8. The molecule has 0 amide bonds. The predicted octanol–water partition coefficient (Wildman–Crippen LogP) is 3.10. The highest BCUT2D eigenvalue weighted by Gasteiger charge is 2.12. The summed E-state index contributed by atoms with van der Waals surface area (Å²) in [4.78, 5) is 0. The van der Waals surface area contributed by atoms with E-state index in [0.29, 0.717) is 6.42 Å². The van der Waals surface area contributed by atoms with Gasteiger partial charge in [-0.15, -0.1) is 0 Å². The first-order valence-electron chi connectivity index (χ1n) is 6.17. The van der Waals surface area contributed by atoms with E-state index in [1.54, 1.807) is 0 Å². The lowest BCUT2D eigenvalue weighted by atomic mass is 10.1. The first kappa shape index (κ1) is 15.7. The minimum Gasteiger partial charge on any atom is -0.212 e. The molecule has 1 unspecified atom stereocenters. The Kier molecular flexibility index (Phi) is 6.32. The first-order valence-corrected chi connectivity index (χ1v) is 8.62. The molecule has 0 bridgehead atoms. The number of benzene rings is 1. The van der Waals surface area contributed by atoms with Gasteiger partial charge in [-0.2, -0.15) is 0 Å². The summed E-state index contributed by atoms with van der Waals surface area (Å²) < 4.78 is 26.9. The third-order valence-corrected chi connectivity index (χ3v) is 4.87. The molecule has 0 aliphatic carbocycles. The maximum atomic E-state index is 11.6. The minimum absolute atomic E-state index is 0.0230. The van der Waals surface area contributed by atoms with Crippen molar-refractivity contribution in [3.63, 3.8) is 0 Å². The maximum absolute atomic E-state index is 11.6. The molecule has 1 rings (SSSR count). The molecule has 1 N–H and O–H groups in total. The smallest absolute Gasteiger partial charge is 0.211 e. The zero-order chi connectivity index (χ0) is 13.6. The van der Waals surface area contributed by atoms with E-state index in [-0.39, 0.29) is 11.8 Å². The SMILES string of the molecule is CCCS(=O)(=O)NC(C)CCc1ccc(Br)cc1. The zero-order valence-corrected chi connectivity index (χ0v) is 13.2. The van der Waals surface area contributed by atoms with Crippen LogP contribution in [0, 0.1) is 0 Å². The fraction of sp³-hybridized carbons (Fsp3) is 0.538. The van der Waals surface area contributed by atoms with Crippen LogP contribution in [0.2, 0.25) is 0 Å². The van der Waals surface area contributed by atoms with E-state index in [9.17, 15) is 8.42 Å². The number of aryl methyl sites for hydroxylation is 1. The van der Waals surface area contributed by atoms with Crippen molar-refractivity contribution in [2.24, 2.45) is 0 Å². The highest BCUT2D eigenvalue weighted by atomic mass is 79.9. The molecule has 3 nitrogen and oxygen atoms in total. The second-order valence-corrected chi connectivity index (χ2v) is 7.29. The van der Waals surface area contributed by atoms with Crippen molar-refractivity contribution in [1.82, 2.24) is 4.72 Å². The van der Waals surface area contributed by atoms with E-state index in [1.807, 2.05) is 26.0 Å². The highest BCUT2D eigenvalue weighted by molar-refractivity contribution is 9.10. The van der Waals surface area contributed by atoms with Crippen molar-refractivity contribution in [3.05, 3.63) is 34.3 Å². The van der Waals surface area contributed by atoms with Crippen LogP contribution < -0.4 is 4.72 Å². The molecular weight excluding hydrogens is 314 g/mol. The Hall–Kier alpha value is -0.390. The van der Waals surface area contributed by atoms with Gasteiger partial charge in [0.15, 0.2) is 0 Å². The second kappa shape index (κ2) is 7.26. The van der Waals surface area contributed by atoms with Crippen LogP contribution in [-0.4, -0.2) is 20.2 Å². The predicted molar refractivity (Wildman–Crippen MR) is 79.1 cm³/mol. The molecule has 1 aromatic carbocycles. The monoisotopic (exact) mass is 333 g/mol. The van der Waals surface area contributed by atoms with Crippen LogP contribution in [0.3, 0.4) is 0 Å². The number of halogens is 1. The normalized spacial score (nSPS) is 13.5. The lowest BCUT2D eigenvalue weighted by Gasteiger charge is -2.13. The Morgan fingerprint density at radius 3 is 2.44 bits per heavy atom. The Morgan fingerprint density at radius 1 is 1.28 bits per heavy atom. The average molecular weight is 334 g/mol. The molecule has 5 heteroatoms. The number of rotatable bonds is 7. The van der Waals surface area contributed by atoms with Crippen LogP contribution in [0.5, 0.6) is 0 Å². The summed E-state index contributed by atoms with van der Waals surface area (Å²) in [5.41, 5.74) is 1.22. The minimum atomic E-state index is -3.10. The lowest BCUT2D eigenvalue weighted by Crippen LogP contribution is -2.34. The van der Waals surface area contributed by atoms with Crippen molar-refractivity contribution in [3.8, 4) is 0 Å². The third-order valence-electron chi connectivity index (χ3n) is 2.63. The Morgan fingerprint density at radius 2 is 1.89 bits per heavy atom. The second-order valence-electron chi connectivity index (χ2n) is 4.50. The molecule has 0 aliphatic rings. The van der Waals surface area contributed by atoms with E-state index in [0.717, 1.165) is 17.3 Å². The van der Waals surface area contributed by atoms with Crippen molar-refractivity contribution >= 4 is 26.0 Å². The molecule has 0 aromatic heterocycles. The average Bonchev–Trinajstić information content (AvgIpc) is 2.27. The molecule has 0 saturated carbocycles. The molecule has 1 atom stereocenters. The van der Waals surface area contributed by atoms with E-state index >= 15 is 0 Å². The van der Waals surface area contributed by atoms with Crippen molar-refractivity contribution in [2.45, 2.75) is 39.2 Å². The Bertz CT molecular complexity index is 456. The first-order chi connectivity index (χ1) is 8.43. The summed E-state index contributed by atoms with van der Waals surface area (Å²) in [6, 6.07) is 8.09. The van der Waals surface area contributed by atoms with Crippen LogP contribution in [0.4, 0.5) is 0 Å². The number of hydrogen-bond donors (Lipinski definition) is 1. The lowest BCUT2D eigenvalue weighted by molar-refractivity contribution is 0.546. The van der Waals surface area contributed by atoms with E-state index < -0.39 is 10.0 Å². The van der Waals surface area contributed by atoms with Crippen molar-refractivity contribution in [2.75, 3.05) is 5.75 Å². The molecule has 0 radical (unpaired) electrons. The summed E-state index contributed by atoms with van der Waals surface area (Å²) in [5, 5.41) is 0. The number of sulfonamides is 1. The summed E-state index contributed by atoms with van der Waals surface area (Å²) >= 11 is 3.39. The highest BCUT2D eigenvalue weighted by Crippen LogP contribution is 2.12.